The Labute approximate surface area is 65.8 Å². The number of halogens is 1. The van der Waals surface area contributed by atoms with Crippen LogP contribution in [0.4, 0.5) is 0 Å². The van der Waals surface area contributed by atoms with Crippen molar-refractivity contribution in [3.63, 3.8) is 0 Å². The van der Waals surface area contributed by atoms with Crippen LogP contribution in [0.1, 0.15) is 20.3 Å². The molecule has 0 spiro atoms. The molecule has 0 aliphatic carbocycles. The molecule has 0 atom stereocenters. The lowest BCUT2D eigenvalue weighted by Gasteiger charge is -1.91. The lowest BCUT2D eigenvalue weighted by Crippen LogP contribution is -1.71. The van der Waals surface area contributed by atoms with Crippen molar-refractivity contribution in [1.82, 2.24) is 0 Å². The second-order valence-corrected chi connectivity index (χ2v) is 2.42. The van der Waals surface area contributed by atoms with Gasteiger partial charge in [0, 0.05) is 5.33 Å². The lowest BCUT2D eigenvalue weighted by molar-refractivity contribution is 1.14. The van der Waals surface area contributed by atoms with E-state index in [2.05, 4.69) is 48.0 Å². The monoisotopic (exact) mass is 188 g/mol. The van der Waals surface area contributed by atoms with Crippen LogP contribution in [0.15, 0.2) is 23.8 Å². The maximum Gasteiger partial charge on any atom is 0.0215 e. The first kappa shape index (κ1) is 8.96. The van der Waals surface area contributed by atoms with Crippen LogP contribution in [0.5, 0.6) is 0 Å². The van der Waals surface area contributed by atoms with E-state index in [1.807, 2.05) is 0 Å². The highest BCUT2D eigenvalue weighted by molar-refractivity contribution is 9.09. The average molecular weight is 189 g/mol. The predicted octanol–water partition coefficient (Wildman–Crippen LogP) is 3.29. The summed E-state index contributed by atoms with van der Waals surface area (Å²) in [6.45, 7) is 4.23. The van der Waals surface area contributed by atoms with Crippen LogP contribution in [-0.2, 0) is 0 Å². The van der Waals surface area contributed by atoms with Gasteiger partial charge in [0.1, 0.15) is 0 Å². The van der Waals surface area contributed by atoms with Gasteiger partial charge in [-0.15, -0.1) is 0 Å². The van der Waals surface area contributed by atoms with Gasteiger partial charge in [0.25, 0.3) is 0 Å². The molecule has 0 unspecified atom stereocenters. The van der Waals surface area contributed by atoms with Gasteiger partial charge in [-0.05, 0) is 13.3 Å². The molecule has 0 amide bonds. The number of hydrogen-bond donors (Lipinski definition) is 0. The average Bonchev–Trinajstić information content (AvgIpc) is 1.91. The summed E-state index contributed by atoms with van der Waals surface area (Å²) in [7, 11) is 0. The Hall–Kier alpha value is -0.0400. The van der Waals surface area contributed by atoms with Gasteiger partial charge in [-0.2, -0.15) is 0 Å². The second-order valence-electron chi connectivity index (χ2n) is 1.77. The fourth-order valence-electron chi connectivity index (χ4n) is 0.614. The van der Waals surface area contributed by atoms with Gasteiger partial charge in [-0.1, -0.05) is 46.7 Å². The quantitative estimate of drug-likeness (QED) is 0.472. The molecule has 0 bridgehead atoms. The summed E-state index contributed by atoms with van der Waals surface area (Å²) in [6.07, 6.45) is 7.52. The summed E-state index contributed by atoms with van der Waals surface area (Å²) in [5.74, 6) is 0. The Morgan fingerprint density at radius 2 is 2.22 bits per heavy atom. The first-order chi connectivity index (χ1) is 4.35. The van der Waals surface area contributed by atoms with Gasteiger partial charge >= 0.3 is 0 Å². The van der Waals surface area contributed by atoms with Gasteiger partial charge < -0.3 is 0 Å². The first-order valence-corrected chi connectivity index (χ1v) is 4.35. The Morgan fingerprint density at radius 3 is 2.56 bits per heavy atom. The number of hydrogen-bond acceptors (Lipinski definition) is 0. The summed E-state index contributed by atoms with van der Waals surface area (Å²) in [6, 6.07) is 0. The molecule has 0 saturated heterocycles. The maximum atomic E-state index is 3.32. The minimum atomic E-state index is 0.949. The highest BCUT2D eigenvalue weighted by Gasteiger charge is 1.81. The molecule has 0 N–H and O–H groups in total. The van der Waals surface area contributed by atoms with E-state index in [-0.39, 0.29) is 0 Å². The first-order valence-electron chi connectivity index (χ1n) is 3.22. The molecule has 9 heavy (non-hydrogen) atoms. The van der Waals surface area contributed by atoms with Gasteiger partial charge in [0.05, 0.1) is 0 Å². The number of allylic oxidation sites excluding steroid dienone is 4. The minimum absolute atomic E-state index is 0.949. The molecule has 0 saturated carbocycles. The van der Waals surface area contributed by atoms with Crippen molar-refractivity contribution in [2.45, 2.75) is 20.3 Å². The molecule has 0 heterocycles. The molecule has 1 heteroatoms. The van der Waals surface area contributed by atoms with Crippen molar-refractivity contribution in [3.8, 4) is 0 Å². The van der Waals surface area contributed by atoms with E-state index in [9.17, 15) is 0 Å². The molecule has 52 valence electrons. The Morgan fingerprint density at radius 1 is 1.56 bits per heavy atom. The third-order valence-electron chi connectivity index (χ3n) is 1.20. The summed E-state index contributed by atoms with van der Waals surface area (Å²) < 4.78 is 0. The van der Waals surface area contributed by atoms with Crippen molar-refractivity contribution in [2.75, 3.05) is 5.33 Å². The fraction of sp³-hybridized carbons (Fsp3) is 0.500. The van der Waals surface area contributed by atoms with E-state index in [0.717, 1.165) is 11.8 Å². The largest absolute Gasteiger partial charge is 0.0883 e. The van der Waals surface area contributed by atoms with E-state index < -0.39 is 0 Å². The summed E-state index contributed by atoms with van der Waals surface area (Å²) in [4.78, 5) is 0. The molecule has 0 radical (unpaired) electrons. The standard InChI is InChI=1S/C8H13Br/c1-3-8(4-2)6-5-7-9/h3,5-6H,4,7H2,1-2H3/b6-5-,8-3-. The highest BCUT2D eigenvalue weighted by Crippen LogP contribution is 2.01. The van der Waals surface area contributed by atoms with Crippen LogP contribution in [0.25, 0.3) is 0 Å². The molecule has 0 aliphatic rings. The van der Waals surface area contributed by atoms with Crippen LogP contribution in [0.3, 0.4) is 0 Å². The topological polar surface area (TPSA) is 0 Å². The smallest absolute Gasteiger partial charge is 0.0215 e. The van der Waals surface area contributed by atoms with Gasteiger partial charge in [-0.3, -0.25) is 0 Å². The highest BCUT2D eigenvalue weighted by atomic mass is 79.9. The van der Waals surface area contributed by atoms with Crippen molar-refractivity contribution in [2.24, 2.45) is 0 Å². The molecule has 0 fully saturated rings. The van der Waals surface area contributed by atoms with E-state index in [1.54, 1.807) is 0 Å². The van der Waals surface area contributed by atoms with Crippen LogP contribution < -0.4 is 0 Å². The molecule has 0 aliphatic heterocycles. The van der Waals surface area contributed by atoms with Crippen LogP contribution in [-0.4, -0.2) is 5.33 Å². The zero-order valence-corrected chi connectivity index (χ0v) is 7.61. The number of rotatable bonds is 3. The van der Waals surface area contributed by atoms with Crippen molar-refractivity contribution in [1.29, 1.82) is 0 Å². The Bertz CT molecular complexity index is 112. The van der Waals surface area contributed by atoms with Crippen molar-refractivity contribution in [3.05, 3.63) is 23.8 Å². The van der Waals surface area contributed by atoms with E-state index in [4.69, 9.17) is 0 Å². The summed E-state index contributed by atoms with van der Waals surface area (Å²) in [5.41, 5.74) is 1.40. The van der Waals surface area contributed by atoms with Crippen molar-refractivity contribution >= 4 is 15.9 Å². The molecule has 0 aromatic heterocycles. The van der Waals surface area contributed by atoms with Crippen LogP contribution in [0.2, 0.25) is 0 Å². The molecule has 0 aromatic carbocycles. The normalized spacial score (nSPS) is 13.0. The van der Waals surface area contributed by atoms with E-state index >= 15 is 0 Å². The maximum absolute atomic E-state index is 3.32. The van der Waals surface area contributed by atoms with E-state index in [0.29, 0.717) is 0 Å². The Kier molecular flexibility index (Phi) is 6.06. The molecule has 0 nitrogen and oxygen atoms in total. The van der Waals surface area contributed by atoms with Gasteiger partial charge in [0.15, 0.2) is 0 Å². The van der Waals surface area contributed by atoms with Gasteiger partial charge in [-0.25, -0.2) is 0 Å². The summed E-state index contributed by atoms with van der Waals surface area (Å²) in [5, 5.41) is 0.949. The van der Waals surface area contributed by atoms with Crippen LogP contribution in [0, 0.1) is 0 Å². The lowest BCUT2D eigenvalue weighted by atomic mass is 10.2. The third kappa shape index (κ3) is 4.46. The minimum Gasteiger partial charge on any atom is -0.0883 e. The number of alkyl halides is 1. The van der Waals surface area contributed by atoms with E-state index in [1.165, 1.54) is 5.57 Å². The molecular weight excluding hydrogens is 176 g/mol. The second kappa shape index (κ2) is 6.09. The zero-order chi connectivity index (χ0) is 7.11. The Balaban J connectivity index is 3.70. The summed E-state index contributed by atoms with van der Waals surface area (Å²) >= 11 is 3.32. The fourth-order valence-corrected chi connectivity index (χ4v) is 0.801. The van der Waals surface area contributed by atoms with Crippen LogP contribution >= 0.6 is 15.9 Å². The predicted molar refractivity (Wildman–Crippen MR) is 47.0 cm³/mol. The molecule has 0 rings (SSSR count). The zero-order valence-electron chi connectivity index (χ0n) is 6.02. The van der Waals surface area contributed by atoms with Gasteiger partial charge in [0.2, 0.25) is 0 Å². The SMILES string of the molecule is C/C=C(\C=C/CBr)CC. The van der Waals surface area contributed by atoms with Crippen molar-refractivity contribution < 1.29 is 0 Å². The molecule has 0 aromatic rings. The third-order valence-corrected chi connectivity index (χ3v) is 1.57. The molecular formula is C8H13Br.